The molecule has 0 aliphatic carbocycles. The van der Waals surface area contributed by atoms with Crippen LogP contribution in [0.1, 0.15) is 45.1 Å². The van der Waals surface area contributed by atoms with E-state index in [1.54, 1.807) is 0 Å². The van der Waals surface area contributed by atoms with E-state index in [2.05, 4.69) is 36.0 Å². The minimum atomic E-state index is 0.247. The second kappa shape index (κ2) is 4.67. The standard InChI is InChI=1S/C13H21NS/c1-11(2)13(12-6-9-15-10-12)7-4-3-5-8-14-13/h6,9-11,14H,3-5,7-8H2,1-2H3. The van der Waals surface area contributed by atoms with Gasteiger partial charge in [-0.25, -0.2) is 0 Å². The summed E-state index contributed by atoms with van der Waals surface area (Å²) in [6.45, 7) is 5.86. The van der Waals surface area contributed by atoms with E-state index >= 15 is 0 Å². The summed E-state index contributed by atoms with van der Waals surface area (Å²) >= 11 is 1.82. The molecular formula is C13H21NS. The van der Waals surface area contributed by atoms with Crippen LogP contribution < -0.4 is 5.32 Å². The Balaban J connectivity index is 2.30. The van der Waals surface area contributed by atoms with Gasteiger partial charge in [-0.3, -0.25) is 0 Å². The third-order valence-corrected chi connectivity index (χ3v) is 4.39. The molecule has 2 rings (SSSR count). The first kappa shape index (κ1) is 11.2. The van der Waals surface area contributed by atoms with Crippen molar-refractivity contribution >= 4 is 11.3 Å². The largest absolute Gasteiger partial charge is 0.307 e. The zero-order valence-electron chi connectivity index (χ0n) is 9.75. The first-order valence-corrected chi connectivity index (χ1v) is 6.98. The van der Waals surface area contributed by atoms with Gasteiger partial charge in [0.25, 0.3) is 0 Å². The smallest absolute Gasteiger partial charge is 0.0466 e. The zero-order chi connectivity index (χ0) is 10.7. The van der Waals surface area contributed by atoms with Gasteiger partial charge in [-0.1, -0.05) is 26.7 Å². The van der Waals surface area contributed by atoms with Crippen LogP contribution in [0.3, 0.4) is 0 Å². The van der Waals surface area contributed by atoms with Crippen molar-refractivity contribution in [3.63, 3.8) is 0 Å². The van der Waals surface area contributed by atoms with Gasteiger partial charge in [0, 0.05) is 5.54 Å². The lowest BCUT2D eigenvalue weighted by Crippen LogP contribution is -2.45. The predicted octanol–water partition coefficient (Wildman–Crippen LogP) is 3.76. The van der Waals surface area contributed by atoms with Crippen LogP contribution in [0.5, 0.6) is 0 Å². The SMILES string of the molecule is CC(C)C1(c2ccsc2)CCCCCN1. The lowest BCUT2D eigenvalue weighted by Gasteiger charge is -2.37. The number of hydrogen-bond acceptors (Lipinski definition) is 2. The molecule has 2 heteroatoms. The normalized spacial score (nSPS) is 27.9. The molecule has 1 aromatic rings. The molecule has 2 heterocycles. The summed E-state index contributed by atoms with van der Waals surface area (Å²) in [7, 11) is 0. The van der Waals surface area contributed by atoms with Gasteiger partial charge in [-0.15, -0.1) is 0 Å². The molecule has 1 aromatic heterocycles. The molecule has 0 amide bonds. The predicted molar refractivity (Wildman–Crippen MR) is 67.3 cm³/mol. The number of hydrogen-bond donors (Lipinski definition) is 1. The maximum atomic E-state index is 3.80. The molecule has 0 aromatic carbocycles. The third kappa shape index (κ3) is 2.11. The zero-order valence-corrected chi connectivity index (χ0v) is 10.6. The quantitative estimate of drug-likeness (QED) is 0.805. The summed E-state index contributed by atoms with van der Waals surface area (Å²) in [5, 5.41) is 8.32. The van der Waals surface area contributed by atoms with E-state index in [4.69, 9.17) is 0 Å². The summed E-state index contributed by atoms with van der Waals surface area (Å²) in [6.07, 6.45) is 5.37. The molecule has 1 unspecified atom stereocenters. The van der Waals surface area contributed by atoms with Crippen molar-refractivity contribution in [1.82, 2.24) is 5.32 Å². The van der Waals surface area contributed by atoms with Gasteiger partial charge < -0.3 is 5.32 Å². The second-order valence-corrected chi connectivity index (χ2v) is 5.66. The highest BCUT2D eigenvalue weighted by atomic mass is 32.1. The minimum absolute atomic E-state index is 0.247. The molecule has 1 aliphatic heterocycles. The van der Waals surface area contributed by atoms with Crippen molar-refractivity contribution in [2.75, 3.05) is 6.54 Å². The van der Waals surface area contributed by atoms with Crippen LogP contribution in [0.25, 0.3) is 0 Å². The molecule has 1 atom stereocenters. The van der Waals surface area contributed by atoms with Gasteiger partial charge >= 0.3 is 0 Å². The number of thiophene rings is 1. The van der Waals surface area contributed by atoms with Gasteiger partial charge in [-0.2, -0.15) is 11.3 Å². The molecule has 0 saturated carbocycles. The van der Waals surface area contributed by atoms with Crippen molar-refractivity contribution in [1.29, 1.82) is 0 Å². The van der Waals surface area contributed by atoms with Gasteiger partial charge in [0.2, 0.25) is 0 Å². The average Bonchev–Trinajstić information content (AvgIpc) is 2.63. The Morgan fingerprint density at radius 2 is 2.20 bits per heavy atom. The van der Waals surface area contributed by atoms with Crippen molar-refractivity contribution < 1.29 is 0 Å². The molecule has 1 fully saturated rings. The van der Waals surface area contributed by atoms with Crippen molar-refractivity contribution in [2.24, 2.45) is 5.92 Å². The van der Waals surface area contributed by atoms with Crippen molar-refractivity contribution in [2.45, 2.75) is 45.1 Å². The molecule has 1 saturated heterocycles. The Hall–Kier alpha value is -0.340. The van der Waals surface area contributed by atoms with Crippen LogP contribution in [-0.2, 0) is 5.54 Å². The van der Waals surface area contributed by atoms with Crippen LogP contribution in [0.2, 0.25) is 0 Å². The summed E-state index contributed by atoms with van der Waals surface area (Å²) in [4.78, 5) is 0. The number of nitrogens with one attached hydrogen (secondary N) is 1. The molecular weight excluding hydrogens is 202 g/mol. The highest BCUT2D eigenvalue weighted by Gasteiger charge is 2.35. The van der Waals surface area contributed by atoms with E-state index in [0.717, 1.165) is 0 Å². The lowest BCUT2D eigenvalue weighted by molar-refractivity contribution is 0.231. The Kier molecular flexibility index (Phi) is 3.47. The number of rotatable bonds is 2. The van der Waals surface area contributed by atoms with Gasteiger partial charge in [-0.05, 0) is 47.7 Å². The highest BCUT2D eigenvalue weighted by molar-refractivity contribution is 7.08. The highest BCUT2D eigenvalue weighted by Crippen LogP contribution is 2.37. The molecule has 84 valence electrons. The van der Waals surface area contributed by atoms with E-state index in [1.165, 1.54) is 37.8 Å². The van der Waals surface area contributed by atoms with E-state index in [1.807, 2.05) is 11.3 Å². The van der Waals surface area contributed by atoms with Crippen LogP contribution in [0, 0.1) is 5.92 Å². The minimum Gasteiger partial charge on any atom is -0.307 e. The lowest BCUT2D eigenvalue weighted by atomic mass is 9.78. The molecule has 0 bridgehead atoms. The Labute approximate surface area is 96.9 Å². The molecule has 0 radical (unpaired) electrons. The van der Waals surface area contributed by atoms with Crippen LogP contribution in [0.15, 0.2) is 16.8 Å². The van der Waals surface area contributed by atoms with E-state index in [9.17, 15) is 0 Å². The molecule has 1 nitrogen and oxygen atoms in total. The van der Waals surface area contributed by atoms with Crippen molar-refractivity contribution in [3.05, 3.63) is 22.4 Å². The Morgan fingerprint density at radius 3 is 2.87 bits per heavy atom. The Bertz CT molecular complexity index is 281. The Morgan fingerprint density at radius 1 is 1.33 bits per heavy atom. The van der Waals surface area contributed by atoms with E-state index in [-0.39, 0.29) is 5.54 Å². The van der Waals surface area contributed by atoms with E-state index in [0.29, 0.717) is 5.92 Å². The van der Waals surface area contributed by atoms with Crippen LogP contribution >= 0.6 is 11.3 Å². The summed E-state index contributed by atoms with van der Waals surface area (Å²) in [5.74, 6) is 0.671. The molecule has 1 aliphatic rings. The van der Waals surface area contributed by atoms with Gasteiger partial charge in [0.1, 0.15) is 0 Å². The van der Waals surface area contributed by atoms with Gasteiger partial charge in [0.15, 0.2) is 0 Å². The summed E-state index contributed by atoms with van der Waals surface area (Å²) in [5.41, 5.74) is 1.75. The van der Waals surface area contributed by atoms with Gasteiger partial charge in [0.05, 0.1) is 0 Å². The summed E-state index contributed by atoms with van der Waals surface area (Å²) < 4.78 is 0. The average molecular weight is 223 g/mol. The molecule has 0 spiro atoms. The molecule has 15 heavy (non-hydrogen) atoms. The summed E-state index contributed by atoms with van der Waals surface area (Å²) in [6, 6.07) is 2.29. The second-order valence-electron chi connectivity index (χ2n) is 4.88. The van der Waals surface area contributed by atoms with Crippen molar-refractivity contribution in [3.8, 4) is 0 Å². The fourth-order valence-electron chi connectivity index (χ4n) is 2.70. The first-order valence-electron chi connectivity index (χ1n) is 6.03. The fourth-order valence-corrected chi connectivity index (χ4v) is 3.44. The van der Waals surface area contributed by atoms with E-state index < -0.39 is 0 Å². The first-order chi connectivity index (χ1) is 7.26. The topological polar surface area (TPSA) is 12.0 Å². The molecule has 1 N–H and O–H groups in total. The van der Waals surface area contributed by atoms with Crippen LogP contribution in [-0.4, -0.2) is 6.54 Å². The maximum Gasteiger partial charge on any atom is 0.0466 e. The van der Waals surface area contributed by atoms with Crippen LogP contribution in [0.4, 0.5) is 0 Å². The fraction of sp³-hybridized carbons (Fsp3) is 0.692. The third-order valence-electron chi connectivity index (χ3n) is 3.71. The maximum absolute atomic E-state index is 3.80. The monoisotopic (exact) mass is 223 g/mol.